The van der Waals surface area contributed by atoms with E-state index in [1.54, 1.807) is 48.5 Å². The van der Waals surface area contributed by atoms with Crippen LogP contribution in [0.5, 0.6) is 0 Å². The first-order valence-corrected chi connectivity index (χ1v) is 7.90. The molecule has 24 heavy (non-hydrogen) atoms. The Morgan fingerprint density at radius 2 is 1.96 bits per heavy atom. The normalized spacial score (nSPS) is 11.6. The van der Waals surface area contributed by atoms with Crippen molar-refractivity contribution in [3.8, 4) is 0 Å². The van der Waals surface area contributed by atoms with Crippen LogP contribution in [0.1, 0.15) is 22.8 Å². The maximum atomic E-state index is 12.8. The minimum atomic E-state index is -0.428. The Morgan fingerprint density at radius 3 is 2.54 bits per heavy atom. The van der Waals surface area contributed by atoms with Crippen LogP contribution in [0.15, 0.2) is 48.8 Å². The number of carbonyl (C=O) groups excluding carboxylic acids is 2. The van der Waals surface area contributed by atoms with Crippen LogP contribution < -0.4 is 0 Å². The average Bonchev–Trinajstić information content (AvgIpc) is 2.61. The second kappa shape index (κ2) is 8.45. The molecule has 1 unspecified atom stereocenters. The standard InChI is InChI=1S/C18H19ClN2O3/c1-13(18(23)24-2)11-21(12-14-4-3-9-20-10-14)17(22)15-5-7-16(19)8-6-15/h3-10,13H,11-12H2,1-2H3. The molecular formula is C18H19ClN2O3. The van der Waals surface area contributed by atoms with E-state index in [-0.39, 0.29) is 18.4 Å². The molecule has 0 radical (unpaired) electrons. The van der Waals surface area contributed by atoms with Gasteiger partial charge in [0.15, 0.2) is 0 Å². The smallest absolute Gasteiger partial charge is 0.310 e. The number of methoxy groups -OCH3 is 1. The Hall–Kier alpha value is -2.40. The van der Waals surface area contributed by atoms with E-state index in [0.717, 1.165) is 5.56 Å². The quantitative estimate of drug-likeness (QED) is 0.754. The van der Waals surface area contributed by atoms with Gasteiger partial charge in [-0.2, -0.15) is 0 Å². The minimum Gasteiger partial charge on any atom is -0.469 e. The van der Waals surface area contributed by atoms with Crippen LogP contribution in [0, 0.1) is 5.92 Å². The van der Waals surface area contributed by atoms with Crippen molar-refractivity contribution in [2.75, 3.05) is 13.7 Å². The van der Waals surface area contributed by atoms with E-state index >= 15 is 0 Å². The van der Waals surface area contributed by atoms with E-state index in [9.17, 15) is 9.59 Å². The summed E-state index contributed by atoms with van der Waals surface area (Å²) in [5.74, 6) is -0.954. The van der Waals surface area contributed by atoms with Crippen LogP contribution in [-0.4, -0.2) is 35.4 Å². The maximum absolute atomic E-state index is 12.8. The molecule has 1 aromatic carbocycles. The first-order chi connectivity index (χ1) is 11.5. The van der Waals surface area contributed by atoms with Crippen molar-refractivity contribution in [2.45, 2.75) is 13.5 Å². The third-order valence-corrected chi connectivity index (χ3v) is 3.82. The Balaban J connectivity index is 2.22. The second-order valence-corrected chi connectivity index (χ2v) is 5.91. The van der Waals surface area contributed by atoms with E-state index < -0.39 is 5.92 Å². The van der Waals surface area contributed by atoms with E-state index in [1.807, 2.05) is 12.1 Å². The lowest BCUT2D eigenvalue weighted by molar-refractivity contribution is -0.145. The Kier molecular flexibility index (Phi) is 6.32. The van der Waals surface area contributed by atoms with Gasteiger partial charge in [0, 0.05) is 36.1 Å². The van der Waals surface area contributed by atoms with Crippen molar-refractivity contribution in [1.29, 1.82) is 0 Å². The summed E-state index contributed by atoms with van der Waals surface area (Å²) in [7, 11) is 1.34. The number of pyridine rings is 1. The molecule has 0 fully saturated rings. The van der Waals surface area contributed by atoms with Gasteiger partial charge < -0.3 is 9.64 Å². The van der Waals surface area contributed by atoms with Gasteiger partial charge in [-0.1, -0.05) is 24.6 Å². The molecule has 0 aliphatic heterocycles. The van der Waals surface area contributed by atoms with Gasteiger partial charge in [-0.3, -0.25) is 14.6 Å². The zero-order valence-electron chi connectivity index (χ0n) is 13.6. The zero-order valence-corrected chi connectivity index (χ0v) is 14.4. The molecule has 0 aliphatic rings. The summed E-state index contributed by atoms with van der Waals surface area (Å²) in [6.45, 7) is 2.34. The fourth-order valence-corrected chi connectivity index (χ4v) is 2.44. The number of ether oxygens (including phenoxy) is 1. The summed E-state index contributed by atoms with van der Waals surface area (Å²) in [5, 5.41) is 0.563. The van der Waals surface area contributed by atoms with Gasteiger partial charge in [-0.25, -0.2) is 0 Å². The summed E-state index contributed by atoms with van der Waals surface area (Å²) in [5.41, 5.74) is 1.40. The van der Waals surface area contributed by atoms with Gasteiger partial charge in [-0.05, 0) is 35.9 Å². The first kappa shape index (κ1) is 17.9. The summed E-state index contributed by atoms with van der Waals surface area (Å²) in [6.07, 6.45) is 3.37. The number of amides is 1. The topological polar surface area (TPSA) is 59.5 Å². The summed E-state index contributed by atoms with van der Waals surface area (Å²) >= 11 is 5.88. The molecule has 0 bridgehead atoms. The predicted octanol–water partition coefficient (Wildman–Crippen LogP) is 3.19. The van der Waals surface area contributed by atoms with Gasteiger partial charge in [0.25, 0.3) is 5.91 Å². The number of carbonyl (C=O) groups is 2. The molecule has 1 heterocycles. The highest BCUT2D eigenvalue weighted by molar-refractivity contribution is 6.30. The van der Waals surface area contributed by atoms with Gasteiger partial charge >= 0.3 is 5.97 Å². The van der Waals surface area contributed by atoms with Crippen molar-refractivity contribution in [3.05, 3.63) is 64.9 Å². The lowest BCUT2D eigenvalue weighted by Gasteiger charge is -2.25. The highest BCUT2D eigenvalue weighted by Gasteiger charge is 2.22. The molecule has 5 nitrogen and oxygen atoms in total. The van der Waals surface area contributed by atoms with Crippen LogP contribution in [0.3, 0.4) is 0 Å². The SMILES string of the molecule is COC(=O)C(C)CN(Cc1cccnc1)C(=O)c1ccc(Cl)cc1. The molecule has 0 N–H and O–H groups in total. The number of esters is 1. The molecule has 6 heteroatoms. The van der Waals surface area contributed by atoms with Crippen LogP contribution in [0.4, 0.5) is 0 Å². The van der Waals surface area contributed by atoms with Gasteiger partial charge in [0.2, 0.25) is 0 Å². The molecule has 0 saturated heterocycles. The van der Waals surface area contributed by atoms with Crippen molar-refractivity contribution in [1.82, 2.24) is 9.88 Å². The van der Waals surface area contributed by atoms with E-state index in [1.165, 1.54) is 7.11 Å². The van der Waals surface area contributed by atoms with Crippen LogP contribution >= 0.6 is 11.6 Å². The van der Waals surface area contributed by atoms with Gasteiger partial charge in [-0.15, -0.1) is 0 Å². The maximum Gasteiger partial charge on any atom is 0.310 e. The van der Waals surface area contributed by atoms with Gasteiger partial charge in [0.05, 0.1) is 13.0 Å². The number of hydrogen-bond acceptors (Lipinski definition) is 4. The number of halogens is 1. The lowest BCUT2D eigenvalue weighted by Crippen LogP contribution is -2.36. The van der Waals surface area contributed by atoms with Crippen LogP contribution in [-0.2, 0) is 16.1 Å². The first-order valence-electron chi connectivity index (χ1n) is 7.53. The lowest BCUT2D eigenvalue weighted by atomic mass is 10.1. The molecule has 2 aromatic rings. The Morgan fingerprint density at radius 1 is 1.25 bits per heavy atom. The van der Waals surface area contributed by atoms with E-state index in [2.05, 4.69) is 4.98 Å². The second-order valence-electron chi connectivity index (χ2n) is 5.48. The number of nitrogens with zero attached hydrogens (tertiary/aromatic N) is 2. The number of benzene rings is 1. The highest BCUT2D eigenvalue weighted by Crippen LogP contribution is 2.15. The fraction of sp³-hybridized carbons (Fsp3) is 0.278. The molecule has 0 saturated carbocycles. The molecule has 0 spiro atoms. The third-order valence-electron chi connectivity index (χ3n) is 3.57. The number of rotatable bonds is 6. The minimum absolute atomic E-state index is 0.175. The van der Waals surface area contributed by atoms with Gasteiger partial charge in [0.1, 0.15) is 0 Å². The third kappa shape index (κ3) is 4.80. The highest BCUT2D eigenvalue weighted by atomic mass is 35.5. The molecule has 126 valence electrons. The number of aromatic nitrogens is 1. The Bertz CT molecular complexity index is 689. The van der Waals surface area contributed by atoms with Crippen molar-refractivity contribution in [2.24, 2.45) is 5.92 Å². The molecule has 1 amide bonds. The number of hydrogen-bond donors (Lipinski definition) is 0. The molecule has 0 aliphatic carbocycles. The molecule has 1 aromatic heterocycles. The monoisotopic (exact) mass is 346 g/mol. The molecule has 1 atom stereocenters. The molecular weight excluding hydrogens is 328 g/mol. The summed E-state index contributed by atoms with van der Waals surface area (Å²) in [6, 6.07) is 10.4. The fourth-order valence-electron chi connectivity index (χ4n) is 2.31. The summed E-state index contributed by atoms with van der Waals surface area (Å²) < 4.78 is 4.76. The van der Waals surface area contributed by atoms with E-state index in [0.29, 0.717) is 17.1 Å². The largest absolute Gasteiger partial charge is 0.469 e. The van der Waals surface area contributed by atoms with Crippen molar-refractivity contribution < 1.29 is 14.3 Å². The Labute approximate surface area is 146 Å². The van der Waals surface area contributed by atoms with Crippen molar-refractivity contribution >= 4 is 23.5 Å². The van der Waals surface area contributed by atoms with E-state index in [4.69, 9.17) is 16.3 Å². The van der Waals surface area contributed by atoms with Crippen LogP contribution in [0.25, 0.3) is 0 Å². The zero-order chi connectivity index (χ0) is 17.5. The summed E-state index contributed by atoms with van der Waals surface area (Å²) in [4.78, 5) is 30.2. The van der Waals surface area contributed by atoms with Crippen LogP contribution in [0.2, 0.25) is 5.02 Å². The van der Waals surface area contributed by atoms with Crippen molar-refractivity contribution in [3.63, 3.8) is 0 Å². The average molecular weight is 347 g/mol. The molecule has 2 rings (SSSR count). The predicted molar refractivity (Wildman–Crippen MR) is 91.6 cm³/mol.